The number of hydrogen-bond acceptors (Lipinski definition) is 3. The van der Waals surface area contributed by atoms with Crippen molar-refractivity contribution >= 4 is 21.7 Å². The van der Waals surface area contributed by atoms with Gasteiger partial charge >= 0.3 is 0 Å². The maximum absolute atomic E-state index is 4.37. The van der Waals surface area contributed by atoms with Crippen LogP contribution in [0, 0.1) is 0 Å². The van der Waals surface area contributed by atoms with Gasteiger partial charge in [-0.1, -0.05) is 13.8 Å². The summed E-state index contributed by atoms with van der Waals surface area (Å²) in [5.74, 6) is 0.987. The van der Waals surface area contributed by atoms with Gasteiger partial charge in [-0.05, 0) is 35.0 Å². The molecule has 1 rings (SSSR count). The van der Waals surface area contributed by atoms with Crippen molar-refractivity contribution in [3.63, 3.8) is 0 Å². The van der Waals surface area contributed by atoms with Gasteiger partial charge in [-0.2, -0.15) is 0 Å². The van der Waals surface area contributed by atoms with Crippen molar-refractivity contribution in [3.8, 4) is 0 Å². The number of aromatic nitrogens is 1. The molecule has 4 heteroatoms. The van der Waals surface area contributed by atoms with Gasteiger partial charge in [-0.15, -0.1) is 0 Å². The minimum absolute atomic E-state index is 0.856. The molecule has 0 bridgehead atoms. The lowest BCUT2D eigenvalue weighted by Gasteiger charge is -2.10. The highest BCUT2D eigenvalue weighted by molar-refractivity contribution is 9.10. The topological polar surface area (TPSA) is 37.0 Å². The summed E-state index contributed by atoms with van der Waals surface area (Å²) in [5, 5.41) is 6.63. The second-order valence-corrected chi connectivity index (χ2v) is 4.28. The molecule has 0 aliphatic heterocycles. The van der Waals surface area contributed by atoms with Gasteiger partial charge in [-0.25, -0.2) is 4.98 Å². The zero-order valence-electron chi connectivity index (χ0n) is 9.31. The smallest absolute Gasteiger partial charge is 0.130 e. The predicted molar refractivity (Wildman–Crippen MR) is 68.1 cm³/mol. The molecule has 0 atom stereocenters. The number of pyridine rings is 1. The quantitative estimate of drug-likeness (QED) is 0.836. The van der Waals surface area contributed by atoms with Crippen LogP contribution >= 0.6 is 15.9 Å². The lowest BCUT2D eigenvalue weighted by molar-refractivity contribution is 0.724. The number of hydrogen-bond donors (Lipinski definition) is 2. The van der Waals surface area contributed by atoms with Crippen LogP contribution in [0.15, 0.2) is 16.7 Å². The van der Waals surface area contributed by atoms with Crippen LogP contribution in [0.2, 0.25) is 0 Å². The SMILES string of the molecule is CCCNc1ncc(Br)cc1CNCC. The molecule has 1 aromatic rings. The molecule has 0 saturated heterocycles. The molecule has 0 aliphatic rings. The summed E-state index contributed by atoms with van der Waals surface area (Å²) in [4.78, 5) is 4.37. The Bertz CT molecular complexity index is 302. The van der Waals surface area contributed by atoms with Gasteiger partial charge in [0.05, 0.1) is 0 Å². The van der Waals surface area contributed by atoms with E-state index in [2.05, 4.69) is 51.5 Å². The van der Waals surface area contributed by atoms with E-state index in [4.69, 9.17) is 0 Å². The first-order valence-electron chi connectivity index (χ1n) is 5.37. The Hall–Kier alpha value is -0.610. The fourth-order valence-electron chi connectivity index (χ4n) is 1.28. The van der Waals surface area contributed by atoms with E-state index in [1.165, 1.54) is 5.56 Å². The van der Waals surface area contributed by atoms with E-state index >= 15 is 0 Å². The van der Waals surface area contributed by atoms with Gasteiger partial charge in [0.1, 0.15) is 5.82 Å². The first kappa shape index (κ1) is 12.5. The van der Waals surface area contributed by atoms with Crippen molar-refractivity contribution in [2.24, 2.45) is 0 Å². The fourth-order valence-corrected chi connectivity index (χ4v) is 1.66. The Balaban J connectivity index is 2.73. The van der Waals surface area contributed by atoms with Gasteiger partial charge in [0.25, 0.3) is 0 Å². The monoisotopic (exact) mass is 271 g/mol. The third-order valence-electron chi connectivity index (χ3n) is 2.04. The van der Waals surface area contributed by atoms with E-state index in [0.29, 0.717) is 0 Å². The lowest BCUT2D eigenvalue weighted by Crippen LogP contribution is -2.14. The standard InChI is InChI=1S/C11H18BrN3/c1-3-5-14-11-9(7-13-4-2)6-10(12)8-15-11/h6,8,13H,3-5,7H2,1-2H3,(H,14,15). The average Bonchev–Trinajstić information content (AvgIpc) is 2.25. The number of rotatable bonds is 6. The molecule has 1 aromatic heterocycles. The van der Waals surface area contributed by atoms with Crippen molar-refractivity contribution in [2.75, 3.05) is 18.4 Å². The summed E-state index contributed by atoms with van der Waals surface area (Å²) in [5.41, 5.74) is 1.21. The Morgan fingerprint density at radius 3 is 2.87 bits per heavy atom. The normalized spacial score (nSPS) is 10.3. The van der Waals surface area contributed by atoms with Crippen LogP contribution in [0.5, 0.6) is 0 Å². The van der Waals surface area contributed by atoms with Crippen LogP contribution in [0.1, 0.15) is 25.8 Å². The Morgan fingerprint density at radius 1 is 1.40 bits per heavy atom. The van der Waals surface area contributed by atoms with Crippen molar-refractivity contribution in [2.45, 2.75) is 26.8 Å². The number of nitrogens with zero attached hydrogens (tertiary/aromatic N) is 1. The molecule has 0 aromatic carbocycles. The van der Waals surface area contributed by atoms with Crippen LogP contribution in [0.3, 0.4) is 0 Å². The number of anilines is 1. The number of nitrogens with one attached hydrogen (secondary N) is 2. The van der Waals surface area contributed by atoms with Gasteiger partial charge in [0.15, 0.2) is 0 Å². The van der Waals surface area contributed by atoms with Crippen molar-refractivity contribution in [1.29, 1.82) is 0 Å². The second-order valence-electron chi connectivity index (χ2n) is 3.37. The van der Waals surface area contributed by atoms with Gasteiger partial charge < -0.3 is 10.6 Å². The molecule has 0 fully saturated rings. The van der Waals surface area contributed by atoms with Crippen molar-refractivity contribution in [1.82, 2.24) is 10.3 Å². The minimum Gasteiger partial charge on any atom is -0.370 e. The molecule has 0 saturated carbocycles. The molecule has 0 spiro atoms. The van der Waals surface area contributed by atoms with E-state index < -0.39 is 0 Å². The summed E-state index contributed by atoms with van der Waals surface area (Å²) >= 11 is 3.44. The maximum atomic E-state index is 4.37. The second kappa shape index (κ2) is 6.80. The molecule has 84 valence electrons. The van der Waals surface area contributed by atoms with E-state index in [0.717, 1.165) is 36.3 Å². The van der Waals surface area contributed by atoms with E-state index in [1.54, 1.807) is 0 Å². The zero-order chi connectivity index (χ0) is 11.1. The summed E-state index contributed by atoms with van der Waals surface area (Å²) < 4.78 is 1.03. The highest BCUT2D eigenvalue weighted by Gasteiger charge is 2.03. The molecule has 3 nitrogen and oxygen atoms in total. The summed E-state index contributed by atoms with van der Waals surface area (Å²) in [7, 11) is 0. The molecule has 2 N–H and O–H groups in total. The Morgan fingerprint density at radius 2 is 2.20 bits per heavy atom. The lowest BCUT2D eigenvalue weighted by atomic mass is 10.2. The molecular formula is C11H18BrN3. The molecule has 0 radical (unpaired) electrons. The molecule has 0 amide bonds. The fraction of sp³-hybridized carbons (Fsp3) is 0.545. The predicted octanol–water partition coefficient (Wildman–Crippen LogP) is 2.78. The third kappa shape index (κ3) is 4.18. The largest absolute Gasteiger partial charge is 0.370 e. The van der Waals surface area contributed by atoms with Crippen LogP contribution in [-0.4, -0.2) is 18.1 Å². The Labute approximate surface area is 99.8 Å². The highest BCUT2D eigenvalue weighted by Crippen LogP contribution is 2.17. The molecular weight excluding hydrogens is 254 g/mol. The zero-order valence-corrected chi connectivity index (χ0v) is 10.9. The van der Waals surface area contributed by atoms with E-state index in [-0.39, 0.29) is 0 Å². The molecule has 0 aliphatic carbocycles. The molecule has 1 heterocycles. The van der Waals surface area contributed by atoms with Crippen LogP contribution in [0.25, 0.3) is 0 Å². The average molecular weight is 272 g/mol. The van der Waals surface area contributed by atoms with E-state index in [1.807, 2.05) is 6.20 Å². The van der Waals surface area contributed by atoms with Crippen LogP contribution < -0.4 is 10.6 Å². The summed E-state index contributed by atoms with van der Waals surface area (Å²) in [6, 6.07) is 2.10. The third-order valence-corrected chi connectivity index (χ3v) is 2.47. The van der Waals surface area contributed by atoms with Gasteiger partial charge in [-0.3, -0.25) is 0 Å². The first-order chi connectivity index (χ1) is 7.27. The van der Waals surface area contributed by atoms with Gasteiger partial charge in [0, 0.05) is 29.3 Å². The highest BCUT2D eigenvalue weighted by atomic mass is 79.9. The molecule has 15 heavy (non-hydrogen) atoms. The van der Waals surface area contributed by atoms with Gasteiger partial charge in [0.2, 0.25) is 0 Å². The maximum Gasteiger partial charge on any atom is 0.130 e. The Kier molecular flexibility index (Phi) is 5.65. The number of halogens is 1. The first-order valence-corrected chi connectivity index (χ1v) is 6.16. The summed E-state index contributed by atoms with van der Waals surface area (Å²) in [6.07, 6.45) is 2.94. The van der Waals surface area contributed by atoms with Crippen molar-refractivity contribution < 1.29 is 0 Å². The molecule has 0 unspecified atom stereocenters. The van der Waals surface area contributed by atoms with Crippen molar-refractivity contribution in [3.05, 3.63) is 22.3 Å². The van der Waals surface area contributed by atoms with Crippen LogP contribution in [0.4, 0.5) is 5.82 Å². The summed E-state index contributed by atoms with van der Waals surface area (Å²) in [6.45, 7) is 7.04. The van der Waals surface area contributed by atoms with Crippen LogP contribution in [-0.2, 0) is 6.54 Å². The minimum atomic E-state index is 0.856. The van der Waals surface area contributed by atoms with E-state index in [9.17, 15) is 0 Å².